The van der Waals surface area contributed by atoms with E-state index in [9.17, 15) is 4.79 Å². The summed E-state index contributed by atoms with van der Waals surface area (Å²) in [6.45, 7) is 0.322. The Morgan fingerprint density at radius 1 is 1.67 bits per heavy atom. The fraction of sp³-hybridized carbons (Fsp3) is 0.143. The maximum Gasteiger partial charge on any atom is 0.315 e. The van der Waals surface area contributed by atoms with Crippen LogP contribution < -0.4 is 5.73 Å². The van der Waals surface area contributed by atoms with Crippen molar-refractivity contribution < 1.29 is 9.32 Å². The lowest BCUT2D eigenvalue weighted by Crippen LogP contribution is -2.11. The van der Waals surface area contributed by atoms with Crippen molar-refractivity contribution >= 4 is 21.8 Å². The maximum atomic E-state index is 10.7. The summed E-state index contributed by atoms with van der Waals surface area (Å²) in [7, 11) is 0. The van der Waals surface area contributed by atoms with E-state index in [4.69, 9.17) is 5.73 Å². The van der Waals surface area contributed by atoms with E-state index in [1.54, 1.807) is 17.1 Å². The molecule has 0 aliphatic carbocycles. The van der Waals surface area contributed by atoms with Gasteiger partial charge in [-0.25, -0.2) is 0 Å². The van der Waals surface area contributed by atoms with Crippen molar-refractivity contribution in [1.82, 2.24) is 19.9 Å². The molecule has 0 fully saturated rings. The molecule has 7 nitrogen and oxygen atoms in total. The van der Waals surface area contributed by atoms with Crippen LogP contribution in [0.15, 0.2) is 21.4 Å². The quantitative estimate of drug-likeness (QED) is 0.858. The van der Waals surface area contributed by atoms with Crippen LogP contribution in [-0.4, -0.2) is 25.8 Å². The van der Waals surface area contributed by atoms with Crippen LogP contribution in [0.5, 0.6) is 0 Å². The predicted molar refractivity (Wildman–Crippen MR) is 51.8 cm³/mol. The third-order valence-corrected chi connectivity index (χ3v) is 1.99. The lowest BCUT2D eigenvalue weighted by atomic mass is 10.6. The Morgan fingerprint density at radius 2 is 2.47 bits per heavy atom. The molecule has 0 atom stereocenters. The van der Waals surface area contributed by atoms with Gasteiger partial charge in [-0.2, -0.15) is 10.1 Å². The van der Waals surface area contributed by atoms with Crippen molar-refractivity contribution in [2.75, 3.05) is 0 Å². The molecule has 8 heteroatoms. The van der Waals surface area contributed by atoms with E-state index >= 15 is 0 Å². The molecule has 0 bridgehead atoms. The zero-order valence-electron chi connectivity index (χ0n) is 7.42. The summed E-state index contributed by atoms with van der Waals surface area (Å²) in [5.74, 6) is -0.592. The minimum Gasteiger partial charge on any atom is -0.361 e. The lowest BCUT2D eigenvalue weighted by Gasteiger charge is -1.92. The van der Waals surface area contributed by atoms with Gasteiger partial charge in [0.25, 0.3) is 0 Å². The summed E-state index contributed by atoms with van der Waals surface area (Å²) in [5.41, 5.74) is 4.96. The van der Waals surface area contributed by atoms with E-state index in [-0.39, 0.29) is 5.89 Å². The van der Waals surface area contributed by atoms with Crippen LogP contribution in [0, 0.1) is 0 Å². The predicted octanol–water partition coefficient (Wildman–Crippen LogP) is 0.176. The Balaban J connectivity index is 2.14. The van der Waals surface area contributed by atoms with E-state index in [1.165, 1.54) is 0 Å². The van der Waals surface area contributed by atoms with E-state index in [0.717, 1.165) is 4.47 Å². The van der Waals surface area contributed by atoms with E-state index in [2.05, 4.69) is 35.7 Å². The van der Waals surface area contributed by atoms with Gasteiger partial charge in [-0.05, 0) is 15.9 Å². The number of primary amides is 1. The third-order valence-electron chi connectivity index (χ3n) is 1.58. The Kier molecular flexibility index (Phi) is 2.50. The Labute approximate surface area is 92.4 Å². The monoisotopic (exact) mass is 271 g/mol. The highest BCUT2D eigenvalue weighted by molar-refractivity contribution is 9.10. The van der Waals surface area contributed by atoms with Crippen LogP contribution in [-0.2, 0) is 6.54 Å². The number of rotatable bonds is 3. The number of carbonyl (C=O) groups excluding carboxylic acids is 1. The van der Waals surface area contributed by atoms with Crippen molar-refractivity contribution in [2.24, 2.45) is 5.73 Å². The second-order valence-corrected chi connectivity index (χ2v) is 3.65. The van der Waals surface area contributed by atoms with Gasteiger partial charge in [0.2, 0.25) is 0 Å². The summed E-state index contributed by atoms with van der Waals surface area (Å²) in [4.78, 5) is 14.5. The van der Waals surface area contributed by atoms with E-state index in [1.807, 2.05) is 0 Å². The summed E-state index contributed by atoms with van der Waals surface area (Å²) in [6, 6.07) is 0. The van der Waals surface area contributed by atoms with Gasteiger partial charge < -0.3 is 10.3 Å². The van der Waals surface area contributed by atoms with Crippen LogP contribution in [0.2, 0.25) is 0 Å². The molecule has 78 valence electrons. The van der Waals surface area contributed by atoms with Crippen LogP contribution >= 0.6 is 15.9 Å². The fourth-order valence-electron chi connectivity index (χ4n) is 0.988. The zero-order chi connectivity index (χ0) is 10.8. The number of aromatic nitrogens is 4. The first-order valence-corrected chi connectivity index (χ1v) is 4.75. The number of amides is 1. The smallest absolute Gasteiger partial charge is 0.315 e. The number of hydrogen-bond donors (Lipinski definition) is 1. The third kappa shape index (κ3) is 2.21. The molecule has 0 radical (unpaired) electrons. The molecule has 2 N–H and O–H groups in total. The second kappa shape index (κ2) is 3.81. The lowest BCUT2D eigenvalue weighted by molar-refractivity contribution is 0.0958. The number of nitrogens with two attached hydrogens (primary N) is 1. The molecule has 0 aliphatic rings. The minimum absolute atomic E-state index is 0.198. The van der Waals surface area contributed by atoms with E-state index in [0.29, 0.717) is 12.4 Å². The minimum atomic E-state index is -0.740. The second-order valence-electron chi connectivity index (χ2n) is 2.74. The van der Waals surface area contributed by atoms with Crippen molar-refractivity contribution in [2.45, 2.75) is 6.54 Å². The van der Waals surface area contributed by atoms with Crippen LogP contribution in [0.3, 0.4) is 0 Å². The van der Waals surface area contributed by atoms with Crippen molar-refractivity contribution in [3.8, 4) is 0 Å². The summed E-state index contributed by atoms with van der Waals surface area (Å²) in [5, 5.41) is 7.58. The molecule has 2 heterocycles. The molecule has 0 saturated heterocycles. The summed E-state index contributed by atoms with van der Waals surface area (Å²) < 4.78 is 7.06. The normalized spacial score (nSPS) is 10.5. The van der Waals surface area contributed by atoms with Gasteiger partial charge in [0.05, 0.1) is 10.7 Å². The van der Waals surface area contributed by atoms with Gasteiger partial charge in [-0.1, -0.05) is 5.16 Å². The van der Waals surface area contributed by atoms with Crippen molar-refractivity contribution in [3.63, 3.8) is 0 Å². The van der Waals surface area contributed by atoms with Crippen molar-refractivity contribution in [3.05, 3.63) is 28.6 Å². The Bertz CT molecular complexity index is 491. The molecule has 15 heavy (non-hydrogen) atoms. The van der Waals surface area contributed by atoms with Gasteiger partial charge in [0.1, 0.15) is 6.54 Å². The van der Waals surface area contributed by atoms with Gasteiger partial charge in [0.15, 0.2) is 5.82 Å². The average molecular weight is 272 g/mol. The first-order chi connectivity index (χ1) is 7.15. The molecule has 2 aromatic heterocycles. The van der Waals surface area contributed by atoms with Crippen LogP contribution in [0.1, 0.15) is 16.5 Å². The molecule has 2 rings (SSSR count). The van der Waals surface area contributed by atoms with Crippen molar-refractivity contribution in [1.29, 1.82) is 0 Å². The Morgan fingerprint density at radius 3 is 3.00 bits per heavy atom. The van der Waals surface area contributed by atoms with Gasteiger partial charge >= 0.3 is 11.8 Å². The molecular weight excluding hydrogens is 266 g/mol. The van der Waals surface area contributed by atoms with Gasteiger partial charge in [-0.15, -0.1) is 0 Å². The molecule has 0 spiro atoms. The standard InChI is InChI=1S/C7H6BrN5O2/c8-4-1-10-13(2-4)3-5-11-7(6(9)14)15-12-5/h1-2H,3H2,(H2,9,14). The van der Waals surface area contributed by atoms with Crippen LogP contribution in [0.4, 0.5) is 0 Å². The zero-order valence-corrected chi connectivity index (χ0v) is 9.01. The Hall–Kier alpha value is -1.70. The first-order valence-electron chi connectivity index (χ1n) is 3.95. The van der Waals surface area contributed by atoms with Gasteiger partial charge in [0, 0.05) is 6.20 Å². The molecule has 0 unspecified atom stereocenters. The molecule has 0 aliphatic heterocycles. The summed E-state index contributed by atoms with van der Waals surface area (Å²) in [6.07, 6.45) is 3.38. The van der Waals surface area contributed by atoms with Crippen LogP contribution in [0.25, 0.3) is 0 Å². The fourth-order valence-corrected chi connectivity index (χ4v) is 1.32. The first kappa shape index (κ1) is 9.84. The highest BCUT2D eigenvalue weighted by Crippen LogP contribution is 2.07. The maximum absolute atomic E-state index is 10.7. The average Bonchev–Trinajstić information content (AvgIpc) is 2.76. The molecule has 0 aromatic carbocycles. The highest BCUT2D eigenvalue weighted by Gasteiger charge is 2.11. The molecule has 2 aromatic rings. The topological polar surface area (TPSA) is 99.8 Å². The molecular formula is C7H6BrN5O2. The number of hydrogen-bond acceptors (Lipinski definition) is 5. The number of nitrogens with zero attached hydrogens (tertiary/aromatic N) is 4. The largest absolute Gasteiger partial charge is 0.361 e. The number of halogens is 1. The SMILES string of the molecule is NC(=O)c1nc(Cn2cc(Br)cn2)no1. The van der Waals surface area contributed by atoms with Gasteiger partial charge in [-0.3, -0.25) is 9.48 Å². The molecule has 1 amide bonds. The number of carbonyl (C=O) groups is 1. The summed E-state index contributed by atoms with van der Waals surface area (Å²) >= 11 is 3.25. The molecule has 0 saturated carbocycles. The van der Waals surface area contributed by atoms with E-state index < -0.39 is 5.91 Å². The highest BCUT2D eigenvalue weighted by atomic mass is 79.9.